The Hall–Kier alpha value is -1.88. The van der Waals surface area contributed by atoms with Crippen LogP contribution in [0, 0.1) is 13.8 Å². The summed E-state index contributed by atoms with van der Waals surface area (Å²) in [5.41, 5.74) is 3.07. The van der Waals surface area contributed by atoms with E-state index in [-0.39, 0.29) is 5.91 Å². The molecule has 0 aliphatic carbocycles. The summed E-state index contributed by atoms with van der Waals surface area (Å²) in [6.45, 7) is 7.27. The monoisotopic (exact) mass is 301 g/mol. The summed E-state index contributed by atoms with van der Waals surface area (Å²) in [7, 11) is 0. The molecule has 0 bridgehead atoms. The van der Waals surface area contributed by atoms with Gasteiger partial charge in [0.15, 0.2) is 5.13 Å². The summed E-state index contributed by atoms with van der Waals surface area (Å²) in [5.74, 6) is 0.145. The van der Waals surface area contributed by atoms with E-state index in [2.05, 4.69) is 16.0 Å². The number of anilines is 1. The predicted octanol–water partition coefficient (Wildman–Crippen LogP) is 2.72. The third kappa shape index (κ3) is 2.93. The van der Waals surface area contributed by atoms with Crippen LogP contribution in [0.25, 0.3) is 0 Å². The molecular formula is C16H19N3OS. The van der Waals surface area contributed by atoms with Crippen LogP contribution >= 0.6 is 11.3 Å². The topological polar surface area (TPSA) is 36.4 Å². The fourth-order valence-electron chi connectivity index (χ4n) is 2.70. The number of benzene rings is 1. The molecule has 0 unspecified atom stereocenters. The Morgan fingerprint density at radius 2 is 1.95 bits per heavy atom. The number of carbonyl (C=O) groups excluding carboxylic acids is 1. The first-order valence-electron chi connectivity index (χ1n) is 7.16. The zero-order valence-electron chi connectivity index (χ0n) is 12.4. The number of carbonyl (C=O) groups is 1. The summed E-state index contributed by atoms with van der Waals surface area (Å²) in [6.07, 6.45) is 1.83. The molecule has 0 atom stereocenters. The Kier molecular flexibility index (Phi) is 3.92. The van der Waals surface area contributed by atoms with Gasteiger partial charge >= 0.3 is 0 Å². The smallest absolute Gasteiger partial charge is 0.254 e. The zero-order chi connectivity index (χ0) is 14.8. The third-order valence-corrected chi connectivity index (χ3v) is 4.70. The van der Waals surface area contributed by atoms with Crippen molar-refractivity contribution >= 4 is 22.4 Å². The van der Waals surface area contributed by atoms with E-state index in [1.165, 1.54) is 5.56 Å². The summed E-state index contributed by atoms with van der Waals surface area (Å²) in [5, 5.41) is 3.04. The Bertz CT molecular complexity index is 631. The lowest BCUT2D eigenvalue weighted by Crippen LogP contribution is -2.48. The number of aryl methyl sites for hydroxylation is 2. The van der Waals surface area contributed by atoms with Crippen molar-refractivity contribution in [3.63, 3.8) is 0 Å². The van der Waals surface area contributed by atoms with Gasteiger partial charge in [-0.1, -0.05) is 17.7 Å². The summed E-state index contributed by atoms with van der Waals surface area (Å²) >= 11 is 1.65. The number of amides is 1. The van der Waals surface area contributed by atoms with E-state index in [0.29, 0.717) is 0 Å². The van der Waals surface area contributed by atoms with E-state index in [1.54, 1.807) is 11.3 Å². The molecule has 1 saturated heterocycles. The van der Waals surface area contributed by atoms with Gasteiger partial charge in [0.1, 0.15) is 0 Å². The lowest BCUT2D eigenvalue weighted by Gasteiger charge is -2.34. The average Bonchev–Trinajstić information content (AvgIpc) is 3.01. The largest absolute Gasteiger partial charge is 0.345 e. The molecule has 110 valence electrons. The Morgan fingerprint density at radius 1 is 1.19 bits per heavy atom. The molecule has 5 heteroatoms. The number of rotatable bonds is 2. The van der Waals surface area contributed by atoms with Crippen LogP contribution in [-0.4, -0.2) is 42.0 Å². The van der Waals surface area contributed by atoms with Gasteiger partial charge in [-0.2, -0.15) is 0 Å². The second kappa shape index (κ2) is 5.85. The number of hydrogen-bond donors (Lipinski definition) is 0. The van der Waals surface area contributed by atoms with Gasteiger partial charge in [-0.3, -0.25) is 4.79 Å². The Morgan fingerprint density at radius 3 is 2.57 bits per heavy atom. The van der Waals surface area contributed by atoms with Crippen LogP contribution in [0.15, 0.2) is 29.8 Å². The first-order valence-corrected chi connectivity index (χ1v) is 8.04. The molecule has 1 fully saturated rings. The summed E-state index contributed by atoms with van der Waals surface area (Å²) in [4.78, 5) is 21.1. The van der Waals surface area contributed by atoms with Crippen molar-refractivity contribution in [3.05, 3.63) is 46.5 Å². The quantitative estimate of drug-likeness (QED) is 0.856. The molecule has 1 aromatic carbocycles. The lowest BCUT2D eigenvalue weighted by atomic mass is 10.0. The molecule has 0 saturated carbocycles. The van der Waals surface area contributed by atoms with E-state index in [1.807, 2.05) is 42.5 Å². The molecule has 1 amide bonds. The van der Waals surface area contributed by atoms with E-state index in [9.17, 15) is 4.79 Å². The normalized spacial score (nSPS) is 15.3. The fraction of sp³-hybridized carbons (Fsp3) is 0.375. The minimum Gasteiger partial charge on any atom is -0.345 e. The van der Waals surface area contributed by atoms with E-state index >= 15 is 0 Å². The molecular weight excluding hydrogens is 282 g/mol. The van der Waals surface area contributed by atoms with Gasteiger partial charge in [0.05, 0.1) is 0 Å². The van der Waals surface area contributed by atoms with Gasteiger partial charge in [-0.15, -0.1) is 11.3 Å². The first kappa shape index (κ1) is 14.1. The predicted molar refractivity (Wildman–Crippen MR) is 86.1 cm³/mol. The first-order chi connectivity index (χ1) is 10.1. The zero-order valence-corrected chi connectivity index (χ0v) is 13.2. The number of hydrogen-bond acceptors (Lipinski definition) is 4. The van der Waals surface area contributed by atoms with Crippen molar-refractivity contribution in [1.29, 1.82) is 0 Å². The molecule has 1 aromatic heterocycles. The van der Waals surface area contributed by atoms with Gasteiger partial charge in [0.2, 0.25) is 0 Å². The van der Waals surface area contributed by atoms with Crippen molar-refractivity contribution in [3.8, 4) is 0 Å². The molecule has 1 aliphatic rings. The Balaban J connectivity index is 1.67. The molecule has 0 N–H and O–H groups in total. The highest BCUT2D eigenvalue weighted by atomic mass is 32.1. The highest BCUT2D eigenvalue weighted by Gasteiger charge is 2.23. The molecule has 2 aromatic rings. The molecule has 4 nitrogen and oxygen atoms in total. The minimum atomic E-state index is 0.145. The molecule has 2 heterocycles. The molecule has 21 heavy (non-hydrogen) atoms. The van der Waals surface area contributed by atoms with Crippen LogP contribution in [0.4, 0.5) is 5.13 Å². The van der Waals surface area contributed by atoms with E-state index in [0.717, 1.165) is 42.4 Å². The van der Waals surface area contributed by atoms with Crippen LogP contribution in [0.2, 0.25) is 0 Å². The second-order valence-electron chi connectivity index (χ2n) is 5.41. The maximum Gasteiger partial charge on any atom is 0.254 e. The maximum absolute atomic E-state index is 12.6. The average molecular weight is 301 g/mol. The number of piperazine rings is 1. The maximum atomic E-state index is 12.6. The van der Waals surface area contributed by atoms with Gasteiger partial charge in [-0.25, -0.2) is 4.98 Å². The number of thiazole rings is 1. The standard InChI is InChI=1S/C16H19N3OS/c1-12-3-4-14(13(2)11-12)15(20)18-6-8-19(9-7-18)16-17-5-10-21-16/h3-5,10-11H,6-9H2,1-2H3. The minimum absolute atomic E-state index is 0.145. The molecule has 1 aliphatic heterocycles. The van der Waals surface area contributed by atoms with Gasteiger partial charge < -0.3 is 9.80 Å². The van der Waals surface area contributed by atoms with E-state index in [4.69, 9.17) is 0 Å². The molecule has 0 radical (unpaired) electrons. The van der Waals surface area contributed by atoms with Gasteiger partial charge in [0, 0.05) is 43.3 Å². The van der Waals surface area contributed by atoms with Crippen LogP contribution in [0.3, 0.4) is 0 Å². The Labute approximate surface area is 129 Å². The van der Waals surface area contributed by atoms with Crippen LogP contribution in [0.5, 0.6) is 0 Å². The van der Waals surface area contributed by atoms with Gasteiger partial charge in [-0.05, 0) is 25.5 Å². The number of nitrogens with zero attached hydrogens (tertiary/aromatic N) is 3. The summed E-state index contributed by atoms with van der Waals surface area (Å²) in [6, 6.07) is 6.02. The van der Waals surface area contributed by atoms with Crippen molar-refractivity contribution < 1.29 is 4.79 Å². The number of aromatic nitrogens is 1. The van der Waals surface area contributed by atoms with Gasteiger partial charge in [0.25, 0.3) is 5.91 Å². The van der Waals surface area contributed by atoms with Crippen molar-refractivity contribution in [2.24, 2.45) is 0 Å². The van der Waals surface area contributed by atoms with Crippen molar-refractivity contribution in [1.82, 2.24) is 9.88 Å². The van der Waals surface area contributed by atoms with Crippen molar-refractivity contribution in [2.45, 2.75) is 13.8 Å². The van der Waals surface area contributed by atoms with Crippen LogP contribution in [0.1, 0.15) is 21.5 Å². The SMILES string of the molecule is Cc1ccc(C(=O)N2CCN(c3nccs3)CC2)c(C)c1. The highest BCUT2D eigenvalue weighted by molar-refractivity contribution is 7.13. The fourth-order valence-corrected chi connectivity index (χ4v) is 3.39. The third-order valence-electron chi connectivity index (χ3n) is 3.87. The van der Waals surface area contributed by atoms with Crippen LogP contribution in [-0.2, 0) is 0 Å². The van der Waals surface area contributed by atoms with Crippen LogP contribution < -0.4 is 4.90 Å². The van der Waals surface area contributed by atoms with E-state index < -0.39 is 0 Å². The molecule has 0 spiro atoms. The second-order valence-corrected chi connectivity index (χ2v) is 6.29. The van der Waals surface area contributed by atoms with Crippen molar-refractivity contribution in [2.75, 3.05) is 31.1 Å². The lowest BCUT2D eigenvalue weighted by molar-refractivity contribution is 0.0746. The molecule has 3 rings (SSSR count). The summed E-state index contributed by atoms with van der Waals surface area (Å²) < 4.78 is 0. The highest BCUT2D eigenvalue weighted by Crippen LogP contribution is 2.20.